The molecule has 0 spiro atoms. The van der Waals surface area contributed by atoms with Crippen LogP contribution in [0.5, 0.6) is 0 Å². The molecule has 1 aliphatic heterocycles. The van der Waals surface area contributed by atoms with Crippen molar-refractivity contribution in [2.45, 2.75) is 38.8 Å². The number of amides is 2. The molecule has 1 saturated heterocycles. The normalized spacial score (nSPS) is 18.2. The van der Waals surface area contributed by atoms with E-state index in [0.29, 0.717) is 18.7 Å². The standard InChI is InChI=1S/C16H21IN2O3/c1-16(2,3)22-15(21)19-9-8-13(10-19)18-14(20)11-4-6-12(17)7-5-11/h4-7,13H,8-10H2,1-3H3,(H,18,20)/t13-/m1/s1. The molecule has 2 rings (SSSR count). The van der Waals surface area contributed by atoms with Gasteiger partial charge in [-0.25, -0.2) is 4.79 Å². The number of nitrogens with one attached hydrogen (secondary N) is 1. The second-order valence-corrected chi connectivity index (χ2v) is 7.64. The number of carbonyl (C=O) groups excluding carboxylic acids is 2. The molecule has 1 aromatic carbocycles. The van der Waals surface area contributed by atoms with Crippen LogP contribution in [0.4, 0.5) is 4.79 Å². The summed E-state index contributed by atoms with van der Waals surface area (Å²) in [5, 5.41) is 2.97. The second kappa shape index (κ2) is 6.85. The highest BCUT2D eigenvalue weighted by molar-refractivity contribution is 14.1. The first-order valence-electron chi connectivity index (χ1n) is 7.29. The molecule has 2 amide bonds. The van der Waals surface area contributed by atoms with Crippen molar-refractivity contribution >= 4 is 34.6 Å². The molecular weight excluding hydrogens is 395 g/mol. The Kier molecular flexibility index (Phi) is 5.31. The molecule has 1 fully saturated rings. The smallest absolute Gasteiger partial charge is 0.410 e. The third kappa shape index (κ3) is 4.86. The molecule has 1 aromatic rings. The van der Waals surface area contributed by atoms with E-state index in [0.717, 1.165) is 9.99 Å². The Hall–Kier alpha value is -1.31. The third-order valence-electron chi connectivity index (χ3n) is 3.28. The van der Waals surface area contributed by atoms with Crippen molar-refractivity contribution in [1.29, 1.82) is 0 Å². The van der Waals surface area contributed by atoms with Gasteiger partial charge in [-0.05, 0) is 74.0 Å². The second-order valence-electron chi connectivity index (χ2n) is 6.39. The van der Waals surface area contributed by atoms with Crippen LogP contribution < -0.4 is 5.32 Å². The van der Waals surface area contributed by atoms with Gasteiger partial charge in [0.2, 0.25) is 0 Å². The molecule has 0 aromatic heterocycles. The van der Waals surface area contributed by atoms with Gasteiger partial charge >= 0.3 is 6.09 Å². The molecule has 0 saturated carbocycles. The van der Waals surface area contributed by atoms with Gasteiger partial charge in [-0.15, -0.1) is 0 Å². The summed E-state index contributed by atoms with van der Waals surface area (Å²) in [4.78, 5) is 25.8. The summed E-state index contributed by atoms with van der Waals surface area (Å²) < 4.78 is 6.44. The molecule has 0 radical (unpaired) electrons. The van der Waals surface area contributed by atoms with Crippen molar-refractivity contribution in [2.24, 2.45) is 0 Å². The van der Waals surface area contributed by atoms with E-state index in [1.54, 1.807) is 17.0 Å². The van der Waals surface area contributed by atoms with Crippen LogP contribution in [0.25, 0.3) is 0 Å². The molecule has 1 atom stereocenters. The average molecular weight is 416 g/mol. The van der Waals surface area contributed by atoms with Crippen molar-refractivity contribution in [3.8, 4) is 0 Å². The summed E-state index contributed by atoms with van der Waals surface area (Å²) in [7, 11) is 0. The molecule has 0 bridgehead atoms. The van der Waals surface area contributed by atoms with Crippen LogP contribution >= 0.6 is 22.6 Å². The highest BCUT2D eigenvalue weighted by Gasteiger charge is 2.30. The monoisotopic (exact) mass is 416 g/mol. The van der Waals surface area contributed by atoms with Crippen LogP contribution in [0.15, 0.2) is 24.3 Å². The maximum Gasteiger partial charge on any atom is 0.410 e. The minimum atomic E-state index is -0.500. The fraction of sp³-hybridized carbons (Fsp3) is 0.500. The zero-order chi connectivity index (χ0) is 16.3. The summed E-state index contributed by atoms with van der Waals surface area (Å²) in [5.74, 6) is -0.104. The molecule has 6 heteroatoms. The van der Waals surface area contributed by atoms with Gasteiger partial charge in [0.1, 0.15) is 5.60 Å². The van der Waals surface area contributed by atoms with Gasteiger partial charge in [-0.1, -0.05) is 0 Å². The van der Waals surface area contributed by atoms with E-state index in [-0.39, 0.29) is 18.0 Å². The highest BCUT2D eigenvalue weighted by atomic mass is 127. The van der Waals surface area contributed by atoms with E-state index < -0.39 is 5.60 Å². The summed E-state index contributed by atoms with van der Waals surface area (Å²) in [6.45, 7) is 6.63. The molecule has 22 heavy (non-hydrogen) atoms. The zero-order valence-electron chi connectivity index (χ0n) is 13.1. The summed E-state index contributed by atoms with van der Waals surface area (Å²) in [5.41, 5.74) is 0.135. The maximum atomic E-state index is 12.2. The minimum Gasteiger partial charge on any atom is -0.444 e. The fourth-order valence-corrected chi connectivity index (χ4v) is 2.60. The highest BCUT2D eigenvalue weighted by Crippen LogP contribution is 2.16. The summed E-state index contributed by atoms with van der Waals surface area (Å²) in [6.07, 6.45) is 0.425. The molecule has 1 N–H and O–H groups in total. The predicted molar refractivity (Wildman–Crippen MR) is 92.8 cm³/mol. The van der Waals surface area contributed by atoms with Crippen molar-refractivity contribution in [1.82, 2.24) is 10.2 Å². The topological polar surface area (TPSA) is 58.6 Å². The number of carbonyl (C=O) groups is 2. The van der Waals surface area contributed by atoms with Gasteiger partial charge in [0.05, 0.1) is 0 Å². The Morgan fingerprint density at radius 1 is 1.27 bits per heavy atom. The van der Waals surface area contributed by atoms with Gasteiger partial charge in [-0.3, -0.25) is 4.79 Å². The lowest BCUT2D eigenvalue weighted by Crippen LogP contribution is -2.40. The lowest BCUT2D eigenvalue weighted by molar-refractivity contribution is 0.0290. The van der Waals surface area contributed by atoms with Crippen LogP contribution in [0.1, 0.15) is 37.6 Å². The van der Waals surface area contributed by atoms with Gasteiger partial charge in [0.15, 0.2) is 0 Å². The number of nitrogens with zero attached hydrogens (tertiary/aromatic N) is 1. The average Bonchev–Trinajstić information content (AvgIpc) is 2.86. The van der Waals surface area contributed by atoms with Gasteiger partial charge in [0.25, 0.3) is 5.91 Å². The van der Waals surface area contributed by atoms with Crippen molar-refractivity contribution in [3.63, 3.8) is 0 Å². The van der Waals surface area contributed by atoms with E-state index in [1.165, 1.54) is 0 Å². The van der Waals surface area contributed by atoms with E-state index in [1.807, 2.05) is 32.9 Å². The Morgan fingerprint density at radius 2 is 1.91 bits per heavy atom. The maximum absolute atomic E-state index is 12.2. The molecule has 1 heterocycles. The van der Waals surface area contributed by atoms with Crippen molar-refractivity contribution in [2.75, 3.05) is 13.1 Å². The number of hydrogen-bond donors (Lipinski definition) is 1. The third-order valence-corrected chi connectivity index (χ3v) is 4.00. The number of rotatable bonds is 2. The Morgan fingerprint density at radius 3 is 2.50 bits per heavy atom. The number of halogens is 1. The van der Waals surface area contributed by atoms with E-state index >= 15 is 0 Å². The first-order valence-corrected chi connectivity index (χ1v) is 8.37. The fourth-order valence-electron chi connectivity index (χ4n) is 2.24. The van der Waals surface area contributed by atoms with Crippen LogP contribution in [-0.4, -0.2) is 41.6 Å². The van der Waals surface area contributed by atoms with Gasteiger partial charge in [-0.2, -0.15) is 0 Å². The first-order chi connectivity index (χ1) is 10.2. The molecule has 0 unspecified atom stereocenters. The van der Waals surface area contributed by atoms with Gasteiger partial charge in [0, 0.05) is 28.3 Å². The quantitative estimate of drug-likeness (QED) is 0.755. The van der Waals surface area contributed by atoms with Gasteiger partial charge < -0.3 is 15.0 Å². The summed E-state index contributed by atoms with van der Waals surface area (Å²) >= 11 is 2.20. The van der Waals surface area contributed by atoms with Crippen molar-refractivity contribution < 1.29 is 14.3 Å². The minimum absolute atomic E-state index is 0.0284. The Labute approximate surface area is 144 Å². The SMILES string of the molecule is CC(C)(C)OC(=O)N1CC[C@@H](NC(=O)c2ccc(I)cc2)C1. The largest absolute Gasteiger partial charge is 0.444 e. The predicted octanol–water partition coefficient (Wildman–Crippen LogP) is 3.03. The zero-order valence-corrected chi connectivity index (χ0v) is 15.2. The van der Waals surface area contributed by atoms with E-state index in [9.17, 15) is 9.59 Å². The summed E-state index contributed by atoms with van der Waals surface area (Å²) in [6, 6.07) is 7.38. The molecule has 1 aliphatic rings. The number of benzene rings is 1. The molecule has 5 nitrogen and oxygen atoms in total. The lowest BCUT2D eigenvalue weighted by atomic mass is 10.2. The Bertz CT molecular complexity index is 552. The molecule has 120 valence electrons. The first kappa shape index (κ1) is 17.1. The Balaban J connectivity index is 1.87. The van der Waals surface area contributed by atoms with E-state index in [4.69, 9.17) is 4.74 Å². The molecule has 0 aliphatic carbocycles. The lowest BCUT2D eigenvalue weighted by Gasteiger charge is -2.24. The number of hydrogen-bond acceptors (Lipinski definition) is 3. The number of likely N-dealkylation sites (tertiary alicyclic amines) is 1. The number of ether oxygens (including phenoxy) is 1. The van der Waals surface area contributed by atoms with Crippen LogP contribution in [-0.2, 0) is 4.74 Å². The van der Waals surface area contributed by atoms with Crippen molar-refractivity contribution in [3.05, 3.63) is 33.4 Å². The molecular formula is C16H21IN2O3. The van der Waals surface area contributed by atoms with Crippen LogP contribution in [0, 0.1) is 3.57 Å². The van der Waals surface area contributed by atoms with Crippen LogP contribution in [0.2, 0.25) is 0 Å². The van der Waals surface area contributed by atoms with Crippen LogP contribution in [0.3, 0.4) is 0 Å². The van der Waals surface area contributed by atoms with E-state index in [2.05, 4.69) is 27.9 Å².